The monoisotopic (exact) mass is 339 g/mol. The maximum atomic E-state index is 12.2. The Morgan fingerprint density at radius 1 is 1.21 bits per heavy atom. The molecule has 98 valence electrons. The van der Waals surface area contributed by atoms with E-state index in [9.17, 15) is 4.79 Å². The van der Waals surface area contributed by atoms with Gasteiger partial charge in [0.1, 0.15) is 0 Å². The van der Waals surface area contributed by atoms with Gasteiger partial charge in [0.05, 0.1) is 11.3 Å². The van der Waals surface area contributed by atoms with Crippen LogP contribution in [0.25, 0.3) is 0 Å². The number of carbonyl (C=O) groups excluding carboxylic acids is 1. The summed E-state index contributed by atoms with van der Waals surface area (Å²) in [6.07, 6.45) is 0. The molecular formula is C13H11BrClN3O. The molecule has 0 saturated carbocycles. The van der Waals surface area contributed by atoms with E-state index in [1.807, 2.05) is 12.1 Å². The Morgan fingerprint density at radius 3 is 2.68 bits per heavy atom. The highest BCUT2D eigenvalue weighted by Gasteiger charge is 2.12. The SMILES string of the molecule is NNc1ccc(Cl)cc1C(=O)Nc1cccc(Br)c1. The van der Waals surface area contributed by atoms with Gasteiger partial charge in [-0.25, -0.2) is 0 Å². The molecule has 0 bridgehead atoms. The van der Waals surface area contributed by atoms with Crippen molar-refractivity contribution in [2.24, 2.45) is 5.84 Å². The van der Waals surface area contributed by atoms with E-state index in [4.69, 9.17) is 17.4 Å². The number of hydrazine groups is 1. The number of anilines is 2. The summed E-state index contributed by atoms with van der Waals surface area (Å²) in [5.41, 5.74) is 4.05. The van der Waals surface area contributed by atoms with E-state index in [0.29, 0.717) is 22.0 Å². The molecule has 0 radical (unpaired) electrons. The van der Waals surface area contributed by atoms with Gasteiger partial charge in [0, 0.05) is 15.2 Å². The van der Waals surface area contributed by atoms with Crippen LogP contribution in [0.15, 0.2) is 46.9 Å². The average molecular weight is 341 g/mol. The zero-order valence-corrected chi connectivity index (χ0v) is 12.1. The summed E-state index contributed by atoms with van der Waals surface area (Å²) in [6, 6.07) is 12.2. The maximum Gasteiger partial charge on any atom is 0.257 e. The van der Waals surface area contributed by atoms with Crippen molar-refractivity contribution in [3.05, 3.63) is 57.5 Å². The second-order valence-electron chi connectivity index (χ2n) is 3.80. The highest BCUT2D eigenvalue weighted by molar-refractivity contribution is 9.10. The molecule has 0 aliphatic heterocycles. The van der Waals surface area contributed by atoms with Crippen LogP contribution in [-0.4, -0.2) is 5.91 Å². The van der Waals surface area contributed by atoms with Crippen LogP contribution in [0.2, 0.25) is 5.02 Å². The van der Waals surface area contributed by atoms with Crippen molar-refractivity contribution in [3.63, 3.8) is 0 Å². The fraction of sp³-hybridized carbons (Fsp3) is 0. The standard InChI is InChI=1S/C13H11BrClN3O/c14-8-2-1-3-10(6-8)17-13(19)11-7-9(15)4-5-12(11)18-16/h1-7,18H,16H2,(H,17,19). The second kappa shape index (κ2) is 6.06. The van der Waals surface area contributed by atoms with Gasteiger partial charge in [-0.2, -0.15) is 0 Å². The summed E-state index contributed by atoms with van der Waals surface area (Å²) in [4.78, 5) is 12.2. The largest absolute Gasteiger partial charge is 0.323 e. The lowest BCUT2D eigenvalue weighted by atomic mass is 10.1. The zero-order valence-electron chi connectivity index (χ0n) is 9.78. The van der Waals surface area contributed by atoms with Gasteiger partial charge in [-0.3, -0.25) is 10.6 Å². The van der Waals surface area contributed by atoms with Crippen molar-refractivity contribution in [1.29, 1.82) is 0 Å². The Bertz CT molecular complexity index is 619. The highest BCUT2D eigenvalue weighted by atomic mass is 79.9. The minimum atomic E-state index is -0.284. The molecule has 0 aliphatic rings. The van der Waals surface area contributed by atoms with E-state index in [-0.39, 0.29) is 5.91 Å². The average Bonchev–Trinajstić information content (AvgIpc) is 2.38. The van der Waals surface area contributed by atoms with Crippen molar-refractivity contribution in [2.75, 3.05) is 10.7 Å². The quantitative estimate of drug-likeness (QED) is 0.590. The molecule has 19 heavy (non-hydrogen) atoms. The van der Waals surface area contributed by atoms with Crippen molar-refractivity contribution in [1.82, 2.24) is 0 Å². The van der Waals surface area contributed by atoms with Gasteiger partial charge < -0.3 is 10.7 Å². The number of nitrogen functional groups attached to an aromatic ring is 1. The van der Waals surface area contributed by atoms with Crippen LogP contribution in [0.3, 0.4) is 0 Å². The van der Waals surface area contributed by atoms with Gasteiger partial charge in [-0.15, -0.1) is 0 Å². The maximum absolute atomic E-state index is 12.2. The lowest BCUT2D eigenvalue weighted by Crippen LogP contribution is -2.17. The Kier molecular flexibility index (Phi) is 4.42. The van der Waals surface area contributed by atoms with Gasteiger partial charge >= 0.3 is 0 Å². The van der Waals surface area contributed by atoms with Gasteiger partial charge in [0.2, 0.25) is 0 Å². The van der Waals surface area contributed by atoms with Gasteiger partial charge in [-0.05, 0) is 36.4 Å². The molecule has 0 heterocycles. The van der Waals surface area contributed by atoms with Gasteiger partial charge in [0.25, 0.3) is 5.91 Å². The fourth-order valence-corrected chi connectivity index (χ4v) is 2.17. The number of rotatable bonds is 3. The first-order chi connectivity index (χ1) is 9.10. The molecule has 2 aromatic rings. The zero-order chi connectivity index (χ0) is 13.8. The molecule has 4 N–H and O–H groups in total. The normalized spacial score (nSPS) is 10.1. The summed E-state index contributed by atoms with van der Waals surface area (Å²) in [7, 11) is 0. The lowest BCUT2D eigenvalue weighted by molar-refractivity contribution is 0.102. The molecule has 6 heteroatoms. The number of amides is 1. The van der Waals surface area contributed by atoms with Crippen LogP contribution < -0.4 is 16.6 Å². The number of benzene rings is 2. The molecule has 0 fully saturated rings. The van der Waals surface area contributed by atoms with Crippen LogP contribution in [0.1, 0.15) is 10.4 Å². The Balaban J connectivity index is 2.27. The van der Waals surface area contributed by atoms with Gasteiger partial charge in [0.15, 0.2) is 0 Å². The minimum absolute atomic E-state index is 0.284. The van der Waals surface area contributed by atoms with Crippen molar-refractivity contribution in [2.45, 2.75) is 0 Å². The fourth-order valence-electron chi connectivity index (χ4n) is 1.59. The van der Waals surface area contributed by atoms with Crippen LogP contribution in [0.5, 0.6) is 0 Å². The molecule has 0 aromatic heterocycles. The van der Waals surface area contributed by atoms with E-state index in [2.05, 4.69) is 26.7 Å². The van der Waals surface area contributed by atoms with E-state index in [1.54, 1.807) is 30.3 Å². The smallest absolute Gasteiger partial charge is 0.257 e. The Hall–Kier alpha value is -1.56. The highest BCUT2D eigenvalue weighted by Crippen LogP contribution is 2.22. The number of hydrogen-bond acceptors (Lipinski definition) is 3. The predicted octanol–water partition coefficient (Wildman–Crippen LogP) is 3.64. The first-order valence-electron chi connectivity index (χ1n) is 5.43. The summed E-state index contributed by atoms with van der Waals surface area (Å²) in [6.45, 7) is 0. The van der Waals surface area contributed by atoms with Crippen LogP contribution in [-0.2, 0) is 0 Å². The third-order valence-electron chi connectivity index (χ3n) is 2.46. The first kappa shape index (κ1) is 13.9. The molecule has 1 amide bonds. The summed E-state index contributed by atoms with van der Waals surface area (Å²) < 4.78 is 0.883. The Morgan fingerprint density at radius 2 is 2.00 bits per heavy atom. The number of nitrogens with two attached hydrogens (primary N) is 1. The Labute approximate surface area is 124 Å². The number of nitrogens with one attached hydrogen (secondary N) is 2. The number of carbonyl (C=O) groups is 1. The first-order valence-corrected chi connectivity index (χ1v) is 6.60. The molecule has 0 aliphatic carbocycles. The number of halogens is 2. The molecule has 0 atom stereocenters. The van der Waals surface area contributed by atoms with Crippen molar-refractivity contribution < 1.29 is 4.79 Å². The molecular weight excluding hydrogens is 330 g/mol. The molecule has 2 rings (SSSR count). The molecule has 2 aromatic carbocycles. The van der Waals surface area contributed by atoms with Gasteiger partial charge in [-0.1, -0.05) is 33.6 Å². The van der Waals surface area contributed by atoms with Crippen LogP contribution >= 0.6 is 27.5 Å². The molecule has 0 saturated heterocycles. The third kappa shape index (κ3) is 3.47. The topological polar surface area (TPSA) is 67.1 Å². The van der Waals surface area contributed by atoms with E-state index in [0.717, 1.165) is 4.47 Å². The lowest BCUT2D eigenvalue weighted by Gasteiger charge is -2.10. The summed E-state index contributed by atoms with van der Waals surface area (Å²) in [5.74, 6) is 5.09. The summed E-state index contributed by atoms with van der Waals surface area (Å²) in [5, 5.41) is 3.25. The second-order valence-corrected chi connectivity index (χ2v) is 5.15. The van der Waals surface area contributed by atoms with Crippen LogP contribution in [0.4, 0.5) is 11.4 Å². The van der Waals surface area contributed by atoms with Crippen LogP contribution in [0, 0.1) is 0 Å². The van der Waals surface area contributed by atoms with E-state index in [1.165, 1.54) is 0 Å². The van der Waals surface area contributed by atoms with E-state index >= 15 is 0 Å². The summed E-state index contributed by atoms with van der Waals surface area (Å²) >= 11 is 9.23. The van der Waals surface area contributed by atoms with E-state index < -0.39 is 0 Å². The van der Waals surface area contributed by atoms with Crippen molar-refractivity contribution in [3.8, 4) is 0 Å². The molecule has 0 unspecified atom stereocenters. The van der Waals surface area contributed by atoms with Crippen molar-refractivity contribution >= 4 is 44.8 Å². The predicted molar refractivity (Wildman–Crippen MR) is 81.4 cm³/mol. The third-order valence-corrected chi connectivity index (χ3v) is 3.19. The minimum Gasteiger partial charge on any atom is -0.323 e. The number of hydrogen-bond donors (Lipinski definition) is 3. The molecule has 4 nitrogen and oxygen atoms in total. The molecule has 0 spiro atoms.